The maximum Gasteiger partial charge on any atom is 0.534 e. The lowest BCUT2D eigenvalue weighted by molar-refractivity contribution is -0.0501. The van der Waals surface area contributed by atoms with Crippen LogP contribution in [-0.4, -0.2) is 26.0 Å². The van der Waals surface area contributed by atoms with Crippen LogP contribution in [0.15, 0.2) is 12.1 Å². The molecular weight excluding hydrogens is 335 g/mol. The molecule has 1 heterocycles. The fourth-order valence-electron chi connectivity index (χ4n) is 2.24. The topological polar surface area (TPSA) is 65.5 Å². The molecule has 0 saturated heterocycles. The van der Waals surface area contributed by atoms with Gasteiger partial charge in [-0.15, -0.1) is 0 Å². The first-order valence-electron chi connectivity index (χ1n) is 6.44. The molecule has 1 aromatic heterocycles. The zero-order chi connectivity index (χ0) is 17.6. The van der Waals surface area contributed by atoms with Gasteiger partial charge in [-0.3, -0.25) is 0 Å². The molecule has 23 heavy (non-hydrogen) atoms. The molecular formula is C14H14F3NO4S. The highest BCUT2D eigenvalue weighted by Crippen LogP contribution is 2.36. The van der Waals surface area contributed by atoms with Crippen molar-refractivity contribution < 1.29 is 30.5 Å². The minimum absolute atomic E-state index is 0.301. The molecule has 0 spiro atoms. The van der Waals surface area contributed by atoms with Gasteiger partial charge in [-0.2, -0.15) is 21.6 Å². The number of halogens is 3. The van der Waals surface area contributed by atoms with E-state index in [0.29, 0.717) is 22.2 Å². The Morgan fingerprint density at radius 3 is 2.26 bits per heavy atom. The summed E-state index contributed by atoms with van der Waals surface area (Å²) in [5, 5.41) is 1.07. The average molecular weight is 349 g/mol. The number of alkyl halides is 3. The summed E-state index contributed by atoms with van der Waals surface area (Å²) >= 11 is 0. The molecule has 0 unspecified atom stereocenters. The molecule has 9 heteroatoms. The lowest BCUT2D eigenvalue weighted by Gasteiger charge is -2.15. The molecule has 0 atom stereocenters. The molecule has 0 aliphatic carbocycles. The van der Waals surface area contributed by atoms with E-state index < -0.39 is 21.5 Å². The van der Waals surface area contributed by atoms with Gasteiger partial charge in [0.25, 0.3) is 0 Å². The molecule has 0 aliphatic rings. The number of methoxy groups -OCH3 is 1. The quantitative estimate of drug-likeness (QED) is 0.628. The average Bonchev–Trinajstić information content (AvgIpc) is 2.39. The van der Waals surface area contributed by atoms with Crippen molar-refractivity contribution in [3.8, 4) is 11.6 Å². The van der Waals surface area contributed by atoms with Crippen LogP contribution >= 0.6 is 0 Å². The molecule has 0 radical (unpaired) electrons. The minimum atomic E-state index is -5.76. The third kappa shape index (κ3) is 3.05. The number of hydrogen-bond donors (Lipinski definition) is 0. The van der Waals surface area contributed by atoms with E-state index in [1.807, 2.05) is 6.92 Å². The van der Waals surface area contributed by atoms with Crippen LogP contribution in [0.3, 0.4) is 0 Å². The second-order valence-electron chi connectivity index (χ2n) is 4.98. The minimum Gasteiger partial charge on any atom is -0.496 e. The third-order valence-electron chi connectivity index (χ3n) is 3.42. The summed E-state index contributed by atoms with van der Waals surface area (Å²) in [6, 6.07) is 2.84. The van der Waals surface area contributed by atoms with Gasteiger partial charge in [0.05, 0.1) is 12.8 Å². The van der Waals surface area contributed by atoms with Gasteiger partial charge in [0.1, 0.15) is 5.75 Å². The second kappa shape index (κ2) is 5.55. The Bertz CT molecular complexity index is 876. The van der Waals surface area contributed by atoms with Crippen LogP contribution in [0.4, 0.5) is 13.2 Å². The highest BCUT2D eigenvalue weighted by molar-refractivity contribution is 7.87. The molecule has 2 aromatic rings. The number of rotatable bonds is 3. The summed E-state index contributed by atoms with van der Waals surface area (Å²) in [6.45, 7) is 5.18. The molecule has 2 rings (SSSR count). The van der Waals surface area contributed by atoms with E-state index in [1.54, 1.807) is 13.0 Å². The van der Waals surface area contributed by atoms with Gasteiger partial charge in [0.15, 0.2) is 0 Å². The van der Waals surface area contributed by atoms with E-state index in [-0.39, 0.29) is 0 Å². The fraction of sp³-hybridized carbons (Fsp3) is 0.357. The molecule has 5 nitrogen and oxygen atoms in total. The van der Waals surface area contributed by atoms with Crippen molar-refractivity contribution >= 4 is 20.9 Å². The van der Waals surface area contributed by atoms with Crippen molar-refractivity contribution in [3.05, 3.63) is 29.0 Å². The van der Waals surface area contributed by atoms with Gasteiger partial charge >= 0.3 is 15.6 Å². The van der Waals surface area contributed by atoms with Crippen LogP contribution in [0.5, 0.6) is 11.6 Å². The molecule has 0 amide bonds. The lowest BCUT2D eigenvalue weighted by Crippen LogP contribution is -2.28. The highest BCUT2D eigenvalue weighted by atomic mass is 32.2. The van der Waals surface area contributed by atoms with Crippen LogP contribution < -0.4 is 8.92 Å². The molecule has 0 N–H and O–H groups in total. The monoisotopic (exact) mass is 349 g/mol. The standard InChI is InChI=1S/C14H14F3NO4S/c1-7-5-10-6-11(22-23(19,20)14(15,16)17)18-9(3)12(10)13(21-4)8(7)2/h5-6H,1-4H3. The Balaban J connectivity index is 2.66. The van der Waals surface area contributed by atoms with Crippen molar-refractivity contribution in [1.29, 1.82) is 0 Å². The van der Waals surface area contributed by atoms with Crippen LogP contribution in [0.1, 0.15) is 16.8 Å². The van der Waals surface area contributed by atoms with Gasteiger partial charge in [0, 0.05) is 11.5 Å². The number of benzene rings is 1. The predicted molar refractivity (Wildman–Crippen MR) is 78.1 cm³/mol. The van der Waals surface area contributed by atoms with Gasteiger partial charge in [-0.1, -0.05) is 6.07 Å². The Morgan fingerprint density at radius 1 is 1.13 bits per heavy atom. The number of hydrogen-bond acceptors (Lipinski definition) is 5. The summed E-state index contributed by atoms with van der Waals surface area (Å²) in [5.41, 5.74) is -3.51. The van der Waals surface area contributed by atoms with Crippen molar-refractivity contribution in [2.75, 3.05) is 7.11 Å². The van der Waals surface area contributed by atoms with Gasteiger partial charge in [0.2, 0.25) is 5.88 Å². The summed E-state index contributed by atoms with van der Waals surface area (Å²) in [7, 11) is -4.29. The summed E-state index contributed by atoms with van der Waals surface area (Å²) in [5.74, 6) is -0.104. The van der Waals surface area contributed by atoms with Crippen LogP contribution in [-0.2, 0) is 10.1 Å². The van der Waals surface area contributed by atoms with E-state index in [9.17, 15) is 21.6 Å². The second-order valence-corrected chi connectivity index (χ2v) is 6.52. The Morgan fingerprint density at radius 2 is 1.74 bits per heavy atom. The molecule has 126 valence electrons. The summed E-state index contributed by atoms with van der Waals surface area (Å²) < 4.78 is 68.9. The lowest BCUT2D eigenvalue weighted by atomic mass is 10.0. The van der Waals surface area contributed by atoms with Crippen molar-refractivity contribution in [1.82, 2.24) is 4.98 Å². The molecule has 0 bridgehead atoms. The number of aromatic nitrogens is 1. The Labute approximate surface area is 131 Å². The van der Waals surface area contributed by atoms with Crippen LogP contribution in [0.25, 0.3) is 10.8 Å². The molecule has 1 aromatic carbocycles. The van der Waals surface area contributed by atoms with Gasteiger partial charge < -0.3 is 8.92 Å². The van der Waals surface area contributed by atoms with Crippen LogP contribution in [0.2, 0.25) is 0 Å². The first-order valence-corrected chi connectivity index (χ1v) is 7.85. The number of pyridine rings is 1. The van der Waals surface area contributed by atoms with E-state index >= 15 is 0 Å². The van der Waals surface area contributed by atoms with Crippen molar-refractivity contribution in [2.24, 2.45) is 0 Å². The zero-order valence-corrected chi connectivity index (χ0v) is 13.6. The van der Waals surface area contributed by atoms with E-state index in [4.69, 9.17) is 4.74 Å². The normalized spacial score (nSPS) is 12.5. The van der Waals surface area contributed by atoms with Crippen molar-refractivity contribution in [3.63, 3.8) is 0 Å². The van der Waals surface area contributed by atoms with Gasteiger partial charge in [-0.25, -0.2) is 4.98 Å². The van der Waals surface area contributed by atoms with Crippen molar-refractivity contribution in [2.45, 2.75) is 26.3 Å². The molecule has 0 fully saturated rings. The van der Waals surface area contributed by atoms with E-state index in [1.165, 1.54) is 14.0 Å². The van der Waals surface area contributed by atoms with E-state index in [0.717, 1.165) is 17.2 Å². The molecule has 0 aliphatic heterocycles. The summed E-state index contributed by atoms with van der Waals surface area (Å²) in [6.07, 6.45) is 0. The number of nitrogens with zero attached hydrogens (tertiary/aromatic N) is 1. The SMILES string of the molecule is COc1c(C)c(C)cc2cc(OS(=O)(=O)C(F)(F)F)nc(C)c12. The number of aryl methyl sites for hydroxylation is 2. The number of ether oxygens (including phenoxy) is 1. The first-order chi connectivity index (χ1) is 10.5. The van der Waals surface area contributed by atoms with E-state index in [2.05, 4.69) is 9.17 Å². The first kappa shape index (κ1) is 17.3. The molecule has 0 saturated carbocycles. The largest absolute Gasteiger partial charge is 0.534 e. The number of fused-ring (bicyclic) bond motifs is 1. The smallest absolute Gasteiger partial charge is 0.496 e. The zero-order valence-electron chi connectivity index (χ0n) is 12.8. The van der Waals surface area contributed by atoms with Gasteiger partial charge in [-0.05, 0) is 37.3 Å². The third-order valence-corrected chi connectivity index (χ3v) is 4.38. The maximum atomic E-state index is 12.4. The Hall–Kier alpha value is -2.03. The van der Waals surface area contributed by atoms with Crippen LogP contribution in [0, 0.1) is 20.8 Å². The fourth-order valence-corrected chi connectivity index (χ4v) is 2.65. The predicted octanol–water partition coefficient (Wildman–Crippen LogP) is 3.40. The highest BCUT2D eigenvalue weighted by Gasteiger charge is 2.48. The summed E-state index contributed by atoms with van der Waals surface area (Å²) in [4.78, 5) is 3.80. The maximum absolute atomic E-state index is 12.4. The Kier molecular flexibility index (Phi) is 4.18.